The van der Waals surface area contributed by atoms with Gasteiger partial charge in [0.25, 0.3) is 0 Å². The normalized spacial score (nSPS) is 17.0. The third-order valence-corrected chi connectivity index (χ3v) is 4.03. The molecule has 1 saturated heterocycles. The van der Waals surface area contributed by atoms with E-state index in [1.807, 2.05) is 17.5 Å². The molecule has 0 aliphatic carbocycles. The van der Waals surface area contributed by atoms with Gasteiger partial charge in [-0.1, -0.05) is 6.07 Å². The van der Waals surface area contributed by atoms with E-state index in [0.717, 1.165) is 4.88 Å². The summed E-state index contributed by atoms with van der Waals surface area (Å²) >= 11 is 1.55. The fourth-order valence-electron chi connectivity index (χ4n) is 2.25. The maximum atomic E-state index is 12.0. The minimum atomic E-state index is -0.935. The van der Waals surface area contributed by atoms with Crippen LogP contribution in [0, 0.1) is 0 Å². The van der Waals surface area contributed by atoms with Crippen LogP contribution in [0.2, 0.25) is 0 Å². The van der Waals surface area contributed by atoms with Crippen molar-refractivity contribution in [3.63, 3.8) is 0 Å². The minimum Gasteiger partial charge on any atom is -0.481 e. The lowest BCUT2D eigenvalue weighted by atomic mass is 9.90. The van der Waals surface area contributed by atoms with Gasteiger partial charge in [0.1, 0.15) is 11.2 Å². The number of carboxylic acids is 1. The summed E-state index contributed by atoms with van der Waals surface area (Å²) in [6.45, 7) is 6.21. The molecule has 0 atom stereocenters. The molecule has 2 heterocycles. The van der Waals surface area contributed by atoms with Crippen molar-refractivity contribution >= 4 is 23.4 Å². The van der Waals surface area contributed by atoms with Crippen molar-refractivity contribution in [3.05, 3.63) is 22.4 Å². The Balaban J connectivity index is 1.93. The predicted molar refractivity (Wildman–Crippen MR) is 81.9 cm³/mol. The number of aliphatic carboxylic acids is 1. The third-order valence-electron chi connectivity index (χ3n) is 3.18. The third kappa shape index (κ3) is 4.45. The van der Waals surface area contributed by atoms with Crippen molar-refractivity contribution in [2.24, 2.45) is 0 Å². The van der Waals surface area contributed by atoms with Crippen LogP contribution < -0.4 is 0 Å². The molecule has 1 aromatic rings. The van der Waals surface area contributed by atoms with Gasteiger partial charge in [-0.15, -0.1) is 11.3 Å². The van der Waals surface area contributed by atoms with Crippen molar-refractivity contribution in [1.29, 1.82) is 0 Å². The largest absolute Gasteiger partial charge is 0.481 e. The average molecular weight is 327 g/mol. The molecule has 0 bridgehead atoms. The molecular formula is C15H21NO5S. The SMILES string of the molecule is CC(C)(C)OC(=O)N1CC(CC(=O)O)(OCc2cccs2)C1. The van der Waals surface area contributed by atoms with Crippen LogP contribution in [0.25, 0.3) is 0 Å². The van der Waals surface area contributed by atoms with Gasteiger partial charge in [0, 0.05) is 4.88 Å². The molecular weight excluding hydrogens is 306 g/mol. The van der Waals surface area contributed by atoms with Gasteiger partial charge < -0.3 is 19.5 Å². The summed E-state index contributed by atoms with van der Waals surface area (Å²) in [4.78, 5) is 25.5. The monoisotopic (exact) mass is 327 g/mol. The first kappa shape index (κ1) is 16.8. The number of carbonyl (C=O) groups is 2. The van der Waals surface area contributed by atoms with Gasteiger partial charge in [0.05, 0.1) is 26.1 Å². The number of thiophene rings is 1. The number of rotatable bonds is 5. The van der Waals surface area contributed by atoms with Crippen molar-refractivity contribution < 1.29 is 24.2 Å². The fourth-order valence-corrected chi connectivity index (χ4v) is 2.87. The topological polar surface area (TPSA) is 76.1 Å². The second kappa shape index (κ2) is 6.26. The number of amides is 1. The molecule has 1 fully saturated rings. The van der Waals surface area contributed by atoms with Crippen molar-refractivity contribution in [1.82, 2.24) is 4.90 Å². The molecule has 1 N–H and O–H groups in total. The molecule has 1 amide bonds. The van der Waals surface area contributed by atoms with Crippen molar-refractivity contribution in [3.8, 4) is 0 Å². The molecule has 0 spiro atoms. The molecule has 1 aliphatic heterocycles. The van der Waals surface area contributed by atoms with Gasteiger partial charge in [-0.2, -0.15) is 0 Å². The Morgan fingerprint density at radius 3 is 2.59 bits per heavy atom. The molecule has 2 rings (SSSR count). The number of carboxylic acid groups (broad SMARTS) is 1. The molecule has 0 aromatic carbocycles. The summed E-state index contributed by atoms with van der Waals surface area (Å²) in [6, 6.07) is 3.85. The number of nitrogens with zero attached hydrogens (tertiary/aromatic N) is 1. The highest BCUT2D eigenvalue weighted by Crippen LogP contribution is 2.31. The van der Waals surface area contributed by atoms with E-state index in [1.165, 1.54) is 4.90 Å². The molecule has 122 valence electrons. The van der Waals surface area contributed by atoms with Crippen LogP contribution >= 0.6 is 11.3 Å². The van der Waals surface area contributed by atoms with Gasteiger partial charge in [-0.3, -0.25) is 4.79 Å². The van der Waals surface area contributed by atoms with Crippen LogP contribution in [0.3, 0.4) is 0 Å². The first-order valence-electron chi connectivity index (χ1n) is 7.05. The van der Waals surface area contributed by atoms with E-state index >= 15 is 0 Å². The van der Waals surface area contributed by atoms with Crippen LogP contribution in [0.1, 0.15) is 32.1 Å². The fraction of sp³-hybridized carbons (Fsp3) is 0.600. The Bertz CT molecular complexity index is 529. The molecule has 0 radical (unpaired) electrons. The maximum Gasteiger partial charge on any atom is 0.410 e. The minimum absolute atomic E-state index is 0.127. The molecule has 7 heteroatoms. The van der Waals surface area contributed by atoms with E-state index in [9.17, 15) is 9.59 Å². The summed E-state index contributed by atoms with van der Waals surface area (Å²) in [5.74, 6) is -0.935. The summed E-state index contributed by atoms with van der Waals surface area (Å²) < 4.78 is 11.1. The van der Waals surface area contributed by atoms with E-state index < -0.39 is 23.3 Å². The molecule has 1 aliphatic rings. The van der Waals surface area contributed by atoms with Crippen LogP contribution in [0.4, 0.5) is 4.79 Å². The Labute approximate surface area is 133 Å². The Morgan fingerprint density at radius 1 is 1.41 bits per heavy atom. The highest BCUT2D eigenvalue weighted by atomic mass is 32.1. The lowest BCUT2D eigenvalue weighted by molar-refractivity contribution is -0.170. The zero-order valence-corrected chi connectivity index (χ0v) is 13.8. The highest BCUT2D eigenvalue weighted by Gasteiger charge is 2.49. The molecule has 6 nitrogen and oxygen atoms in total. The summed E-state index contributed by atoms with van der Waals surface area (Å²) in [7, 11) is 0. The summed E-state index contributed by atoms with van der Waals surface area (Å²) in [5, 5.41) is 11.0. The maximum absolute atomic E-state index is 12.0. The van der Waals surface area contributed by atoms with Gasteiger partial charge >= 0.3 is 12.1 Å². The zero-order valence-electron chi connectivity index (χ0n) is 13.0. The van der Waals surface area contributed by atoms with Crippen LogP contribution in [-0.2, 0) is 20.9 Å². The standard InChI is InChI=1S/C15H21NO5S/c1-14(2,3)21-13(19)16-9-15(10-16,7-12(17)18)20-8-11-5-4-6-22-11/h4-6H,7-10H2,1-3H3,(H,17,18). The van der Waals surface area contributed by atoms with E-state index in [0.29, 0.717) is 6.61 Å². The number of hydrogen-bond donors (Lipinski definition) is 1. The van der Waals surface area contributed by atoms with Gasteiger partial charge in [-0.05, 0) is 32.2 Å². The average Bonchev–Trinajstić information content (AvgIpc) is 2.81. The van der Waals surface area contributed by atoms with Crippen LogP contribution in [0.5, 0.6) is 0 Å². The Hall–Kier alpha value is -1.60. The quantitative estimate of drug-likeness (QED) is 0.900. The summed E-state index contributed by atoms with van der Waals surface area (Å²) in [6.07, 6.45) is -0.564. The van der Waals surface area contributed by atoms with Gasteiger partial charge in [0.2, 0.25) is 0 Å². The predicted octanol–water partition coefficient (Wildman–Crippen LogP) is 2.73. The second-order valence-corrected chi connectivity index (χ2v) is 7.49. The summed E-state index contributed by atoms with van der Waals surface area (Å²) in [5.41, 5.74) is -1.40. The number of ether oxygens (including phenoxy) is 2. The van der Waals surface area contributed by atoms with Crippen molar-refractivity contribution in [2.75, 3.05) is 13.1 Å². The Kier molecular flexibility index (Phi) is 4.77. The van der Waals surface area contributed by atoms with Crippen LogP contribution in [0.15, 0.2) is 17.5 Å². The smallest absolute Gasteiger partial charge is 0.410 e. The van der Waals surface area contributed by atoms with E-state index in [1.54, 1.807) is 32.1 Å². The van der Waals surface area contributed by atoms with E-state index in [4.69, 9.17) is 14.6 Å². The first-order chi connectivity index (χ1) is 10.2. The number of hydrogen-bond acceptors (Lipinski definition) is 5. The molecule has 0 unspecified atom stereocenters. The molecule has 1 aromatic heterocycles. The zero-order chi connectivity index (χ0) is 16.4. The lowest BCUT2D eigenvalue weighted by Gasteiger charge is -2.48. The number of likely N-dealkylation sites (tertiary alicyclic amines) is 1. The van der Waals surface area contributed by atoms with Crippen LogP contribution in [-0.4, -0.2) is 46.4 Å². The van der Waals surface area contributed by atoms with Gasteiger partial charge in [0.15, 0.2) is 0 Å². The molecule has 0 saturated carbocycles. The van der Waals surface area contributed by atoms with Crippen molar-refractivity contribution in [2.45, 2.75) is 45.0 Å². The van der Waals surface area contributed by atoms with E-state index in [2.05, 4.69) is 0 Å². The second-order valence-electron chi connectivity index (χ2n) is 6.46. The lowest BCUT2D eigenvalue weighted by Crippen LogP contribution is -2.65. The Morgan fingerprint density at radius 2 is 2.09 bits per heavy atom. The first-order valence-corrected chi connectivity index (χ1v) is 7.93. The number of carbonyl (C=O) groups excluding carboxylic acids is 1. The highest BCUT2D eigenvalue weighted by molar-refractivity contribution is 7.09. The molecule has 22 heavy (non-hydrogen) atoms. The van der Waals surface area contributed by atoms with E-state index in [-0.39, 0.29) is 19.5 Å². The van der Waals surface area contributed by atoms with Gasteiger partial charge in [-0.25, -0.2) is 4.79 Å².